The third kappa shape index (κ3) is 6.72. The second-order valence-electron chi connectivity index (χ2n) is 6.52. The van der Waals surface area contributed by atoms with E-state index in [0.717, 1.165) is 0 Å². The van der Waals surface area contributed by atoms with Crippen LogP contribution in [0.5, 0.6) is 23.0 Å². The SMILES string of the molecule is CCOc1cc(NC(=O)C(N=Nc2cc(Cl)c(OC)cc2OC)C(C)=O)c(OCC)cc1Cl. The Kier molecular flexibility index (Phi) is 9.74. The molecule has 0 saturated heterocycles. The Morgan fingerprint density at radius 2 is 1.52 bits per heavy atom. The number of methoxy groups -OCH3 is 2. The number of amides is 1. The van der Waals surface area contributed by atoms with Crippen molar-refractivity contribution in [2.75, 3.05) is 32.8 Å². The molecule has 2 rings (SSSR count). The number of halogens is 2. The normalized spacial score (nSPS) is 11.7. The third-order valence-electron chi connectivity index (χ3n) is 4.26. The number of Topliss-reactive ketones (excluding diaryl/α,β-unsaturated/α-hetero) is 1. The van der Waals surface area contributed by atoms with E-state index in [1.165, 1.54) is 45.4 Å². The molecule has 2 aromatic carbocycles. The van der Waals surface area contributed by atoms with Crippen molar-refractivity contribution in [3.63, 3.8) is 0 Å². The van der Waals surface area contributed by atoms with Crippen LogP contribution >= 0.6 is 23.2 Å². The van der Waals surface area contributed by atoms with Crippen LogP contribution in [0.2, 0.25) is 10.0 Å². The molecule has 11 heteroatoms. The first-order valence-electron chi connectivity index (χ1n) is 9.98. The van der Waals surface area contributed by atoms with Gasteiger partial charge in [-0.15, -0.1) is 0 Å². The molecule has 0 aliphatic rings. The minimum Gasteiger partial charge on any atom is -0.495 e. The van der Waals surface area contributed by atoms with Gasteiger partial charge in [-0.1, -0.05) is 23.2 Å². The maximum atomic E-state index is 12.9. The number of nitrogens with zero attached hydrogens (tertiary/aromatic N) is 2. The van der Waals surface area contributed by atoms with Crippen LogP contribution in [0, 0.1) is 0 Å². The average Bonchev–Trinajstić information content (AvgIpc) is 2.77. The molecule has 0 fully saturated rings. The second kappa shape index (κ2) is 12.3. The number of hydrogen-bond donors (Lipinski definition) is 1. The molecule has 0 saturated carbocycles. The Bertz CT molecular complexity index is 1050. The number of rotatable bonds is 11. The van der Waals surface area contributed by atoms with Crippen molar-refractivity contribution in [2.24, 2.45) is 10.2 Å². The topological polar surface area (TPSA) is 108 Å². The van der Waals surface area contributed by atoms with Crippen LogP contribution in [0.25, 0.3) is 0 Å². The lowest BCUT2D eigenvalue weighted by Gasteiger charge is -2.16. The zero-order chi connectivity index (χ0) is 24.5. The molecule has 0 bridgehead atoms. The van der Waals surface area contributed by atoms with E-state index in [1.807, 2.05) is 0 Å². The van der Waals surface area contributed by atoms with Crippen molar-refractivity contribution in [3.05, 3.63) is 34.3 Å². The molecule has 1 N–H and O–H groups in total. The summed E-state index contributed by atoms with van der Waals surface area (Å²) < 4.78 is 21.4. The van der Waals surface area contributed by atoms with Crippen LogP contribution < -0.4 is 24.3 Å². The van der Waals surface area contributed by atoms with Crippen molar-refractivity contribution in [2.45, 2.75) is 26.8 Å². The Hall–Kier alpha value is -3.04. The average molecular weight is 498 g/mol. The van der Waals surface area contributed by atoms with Crippen LogP contribution in [0.3, 0.4) is 0 Å². The number of anilines is 1. The van der Waals surface area contributed by atoms with E-state index in [0.29, 0.717) is 41.2 Å². The molecule has 0 aromatic heterocycles. The van der Waals surface area contributed by atoms with Crippen molar-refractivity contribution in [1.29, 1.82) is 0 Å². The third-order valence-corrected chi connectivity index (χ3v) is 4.85. The summed E-state index contributed by atoms with van der Waals surface area (Å²) in [5, 5.41) is 11.2. The van der Waals surface area contributed by atoms with Gasteiger partial charge < -0.3 is 24.3 Å². The predicted octanol–water partition coefficient (Wildman–Crippen LogP) is 5.49. The highest BCUT2D eigenvalue weighted by molar-refractivity contribution is 6.32. The molecule has 1 atom stereocenters. The number of azo groups is 1. The van der Waals surface area contributed by atoms with Gasteiger partial charge >= 0.3 is 0 Å². The van der Waals surface area contributed by atoms with Gasteiger partial charge in [-0.25, -0.2) is 0 Å². The molecule has 33 heavy (non-hydrogen) atoms. The maximum absolute atomic E-state index is 12.9. The van der Waals surface area contributed by atoms with Gasteiger partial charge in [-0.3, -0.25) is 9.59 Å². The van der Waals surface area contributed by atoms with E-state index in [-0.39, 0.29) is 16.4 Å². The molecular formula is C22H25Cl2N3O6. The molecule has 0 aliphatic carbocycles. The number of benzene rings is 2. The first-order valence-corrected chi connectivity index (χ1v) is 10.7. The molecule has 0 heterocycles. The van der Waals surface area contributed by atoms with Gasteiger partial charge in [0.1, 0.15) is 28.7 Å². The van der Waals surface area contributed by atoms with Crippen molar-refractivity contribution in [1.82, 2.24) is 0 Å². The number of nitrogens with one attached hydrogen (secondary N) is 1. The standard InChI is InChI=1S/C22H25Cl2N3O6/c1-6-32-18-10-15(20(33-7-2)9-14(18)24)25-22(29)21(12(3)28)27-26-16-8-13(23)17(30-4)11-19(16)31-5/h8-11,21H,6-7H2,1-5H3,(H,25,29). The molecule has 1 amide bonds. The fraction of sp³-hybridized carbons (Fsp3) is 0.364. The zero-order valence-electron chi connectivity index (χ0n) is 18.9. The molecule has 9 nitrogen and oxygen atoms in total. The van der Waals surface area contributed by atoms with Gasteiger partial charge in [0.05, 0.1) is 43.2 Å². The summed E-state index contributed by atoms with van der Waals surface area (Å²) in [7, 11) is 2.89. The first kappa shape index (κ1) is 26.2. The van der Waals surface area contributed by atoms with E-state index in [1.54, 1.807) is 13.8 Å². The highest BCUT2D eigenvalue weighted by Crippen LogP contribution is 2.38. The number of carbonyl (C=O) groups is 2. The molecular weight excluding hydrogens is 473 g/mol. The Morgan fingerprint density at radius 1 is 0.909 bits per heavy atom. The number of carbonyl (C=O) groups excluding carboxylic acids is 2. The van der Waals surface area contributed by atoms with Crippen LogP contribution in [0.15, 0.2) is 34.5 Å². The summed E-state index contributed by atoms with van der Waals surface area (Å²) >= 11 is 12.4. The van der Waals surface area contributed by atoms with Crippen LogP contribution in [0.1, 0.15) is 20.8 Å². The fourth-order valence-electron chi connectivity index (χ4n) is 2.74. The lowest BCUT2D eigenvalue weighted by molar-refractivity contribution is -0.126. The van der Waals surface area contributed by atoms with Gasteiger partial charge in [0.2, 0.25) is 6.04 Å². The molecule has 1 unspecified atom stereocenters. The molecule has 0 aliphatic heterocycles. The number of hydrogen-bond acceptors (Lipinski definition) is 8. The van der Waals surface area contributed by atoms with Crippen molar-refractivity contribution < 1.29 is 28.5 Å². The van der Waals surface area contributed by atoms with Gasteiger partial charge in [-0.05, 0) is 26.8 Å². The predicted molar refractivity (Wildman–Crippen MR) is 126 cm³/mol. The van der Waals surface area contributed by atoms with Crippen molar-refractivity contribution in [3.8, 4) is 23.0 Å². The van der Waals surface area contributed by atoms with Gasteiger partial charge in [0.25, 0.3) is 5.91 Å². The maximum Gasteiger partial charge on any atom is 0.258 e. The van der Waals surface area contributed by atoms with Crippen LogP contribution in [-0.2, 0) is 9.59 Å². The number of ether oxygens (including phenoxy) is 4. The zero-order valence-corrected chi connectivity index (χ0v) is 20.4. The largest absolute Gasteiger partial charge is 0.495 e. The lowest BCUT2D eigenvalue weighted by atomic mass is 10.2. The summed E-state index contributed by atoms with van der Waals surface area (Å²) in [6.45, 7) is 5.53. The van der Waals surface area contributed by atoms with E-state index in [4.69, 9.17) is 42.1 Å². The van der Waals surface area contributed by atoms with Gasteiger partial charge in [-0.2, -0.15) is 10.2 Å². The monoisotopic (exact) mass is 497 g/mol. The summed E-state index contributed by atoms with van der Waals surface area (Å²) in [5.41, 5.74) is 0.503. The summed E-state index contributed by atoms with van der Waals surface area (Å²) in [6, 6.07) is 4.60. The summed E-state index contributed by atoms with van der Waals surface area (Å²) in [6.07, 6.45) is 0. The van der Waals surface area contributed by atoms with Crippen molar-refractivity contribution >= 4 is 46.3 Å². The molecule has 2 aromatic rings. The highest BCUT2D eigenvalue weighted by atomic mass is 35.5. The molecule has 0 spiro atoms. The Labute approximate surface area is 202 Å². The number of ketones is 1. The van der Waals surface area contributed by atoms with E-state index < -0.39 is 17.7 Å². The van der Waals surface area contributed by atoms with Gasteiger partial charge in [0.15, 0.2) is 5.78 Å². The Balaban J connectivity index is 2.36. The minimum absolute atomic E-state index is 0.225. The quantitative estimate of drug-likeness (QED) is 0.324. The summed E-state index contributed by atoms with van der Waals surface area (Å²) in [5.74, 6) is 0.131. The fourth-order valence-corrected chi connectivity index (χ4v) is 3.18. The minimum atomic E-state index is -1.43. The highest BCUT2D eigenvalue weighted by Gasteiger charge is 2.25. The van der Waals surface area contributed by atoms with E-state index in [9.17, 15) is 9.59 Å². The lowest BCUT2D eigenvalue weighted by Crippen LogP contribution is -2.32. The second-order valence-corrected chi connectivity index (χ2v) is 7.34. The van der Waals surface area contributed by atoms with E-state index in [2.05, 4.69) is 15.5 Å². The van der Waals surface area contributed by atoms with Crippen LogP contribution in [-0.4, -0.2) is 45.2 Å². The van der Waals surface area contributed by atoms with Gasteiger partial charge in [0, 0.05) is 18.2 Å². The first-order chi connectivity index (χ1) is 15.7. The Morgan fingerprint density at radius 3 is 2.09 bits per heavy atom. The molecule has 0 radical (unpaired) electrons. The van der Waals surface area contributed by atoms with Crippen LogP contribution in [0.4, 0.5) is 11.4 Å². The van der Waals surface area contributed by atoms with E-state index >= 15 is 0 Å². The summed E-state index contributed by atoms with van der Waals surface area (Å²) in [4.78, 5) is 25.1. The molecule has 178 valence electrons. The smallest absolute Gasteiger partial charge is 0.258 e.